The molecule has 0 radical (unpaired) electrons. The molecule has 1 N–H and O–H groups in total. The number of benzene rings is 1. The van der Waals surface area contributed by atoms with Crippen LogP contribution in [0.5, 0.6) is 5.75 Å². The van der Waals surface area contributed by atoms with Crippen molar-refractivity contribution in [3.63, 3.8) is 0 Å². The molecule has 3 nitrogen and oxygen atoms in total. The lowest BCUT2D eigenvalue weighted by atomic mass is 10.1. The van der Waals surface area contributed by atoms with Crippen LogP contribution >= 0.6 is 11.3 Å². The summed E-state index contributed by atoms with van der Waals surface area (Å²) in [5, 5.41) is 4.46. The molecule has 1 aromatic carbocycles. The Balaban J connectivity index is 1.69. The molecule has 3 rings (SSSR count). The average Bonchev–Trinajstić information content (AvgIpc) is 2.65. The zero-order chi connectivity index (χ0) is 13.9. The molecule has 1 aliphatic heterocycles. The van der Waals surface area contributed by atoms with Crippen LogP contribution in [0.1, 0.15) is 33.9 Å². The van der Waals surface area contributed by atoms with E-state index < -0.39 is 0 Å². The molecule has 2 heterocycles. The SMILES string of the molecule is Cc1cc(C)cc(OCc2nc3c(s2)CCCCN3)c1. The number of aryl methyl sites for hydroxylation is 3. The van der Waals surface area contributed by atoms with Crippen LogP contribution < -0.4 is 10.1 Å². The van der Waals surface area contributed by atoms with Gasteiger partial charge >= 0.3 is 0 Å². The van der Waals surface area contributed by atoms with Gasteiger partial charge in [-0.1, -0.05) is 6.07 Å². The summed E-state index contributed by atoms with van der Waals surface area (Å²) in [6.45, 7) is 5.78. The molecule has 1 aromatic heterocycles. The maximum absolute atomic E-state index is 5.88. The summed E-state index contributed by atoms with van der Waals surface area (Å²) in [6.07, 6.45) is 3.63. The van der Waals surface area contributed by atoms with Gasteiger partial charge in [-0.25, -0.2) is 4.98 Å². The fourth-order valence-corrected chi connectivity index (χ4v) is 3.55. The second kappa shape index (κ2) is 5.83. The molecule has 1 aliphatic rings. The first-order valence-corrected chi connectivity index (χ1v) is 7.96. The third-order valence-electron chi connectivity index (χ3n) is 3.42. The monoisotopic (exact) mass is 288 g/mol. The van der Waals surface area contributed by atoms with Gasteiger partial charge in [-0.2, -0.15) is 0 Å². The van der Waals surface area contributed by atoms with Crippen LogP contribution in [0.2, 0.25) is 0 Å². The minimum absolute atomic E-state index is 0.558. The molecule has 0 atom stereocenters. The van der Waals surface area contributed by atoms with Crippen molar-refractivity contribution in [1.82, 2.24) is 4.98 Å². The predicted octanol–water partition coefficient (Wildman–Crippen LogP) is 4.09. The summed E-state index contributed by atoms with van der Waals surface area (Å²) in [5.74, 6) is 2.01. The number of anilines is 1. The quantitative estimate of drug-likeness (QED) is 0.923. The van der Waals surface area contributed by atoms with Gasteiger partial charge in [-0.3, -0.25) is 0 Å². The van der Waals surface area contributed by atoms with Gasteiger partial charge < -0.3 is 10.1 Å². The summed E-state index contributed by atoms with van der Waals surface area (Å²) in [6, 6.07) is 6.30. The molecule has 0 bridgehead atoms. The summed E-state index contributed by atoms with van der Waals surface area (Å²) in [5.41, 5.74) is 2.47. The van der Waals surface area contributed by atoms with Crippen LogP contribution in [0, 0.1) is 13.8 Å². The van der Waals surface area contributed by atoms with Crippen LogP contribution in [0.15, 0.2) is 18.2 Å². The van der Waals surface area contributed by atoms with Gasteiger partial charge in [0, 0.05) is 11.4 Å². The van der Waals surface area contributed by atoms with E-state index in [1.807, 2.05) is 0 Å². The molecule has 0 unspecified atom stereocenters. The second-order valence-electron chi connectivity index (χ2n) is 5.38. The lowest BCUT2D eigenvalue weighted by molar-refractivity contribution is 0.305. The minimum atomic E-state index is 0.558. The molecular weight excluding hydrogens is 268 g/mol. The van der Waals surface area contributed by atoms with Crippen molar-refractivity contribution in [2.75, 3.05) is 11.9 Å². The van der Waals surface area contributed by atoms with Crippen molar-refractivity contribution >= 4 is 17.2 Å². The van der Waals surface area contributed by atoms with Crippen molar-refractivity contribution in [2.45, 2.75) is 39.7 Å². The maximum atomic E-state index is 5.88. The number of nitrogens with zero attached hydrogens (tertiary/aromatic N) is 1. The number of hydrogen-bond acceptors (Lipinski definition) is 4. The molecule has 0 aliphatic carbocycles. The fraction of sp³-hybridized carbons (Fsp3) is 0.438. The van der Waals surface area contributed by atoms with Crippen molar-refractivity contribution in [1.29, 1.82) is 0 Å². The van der Waals surface area contributed by atoms with Gasteiger partial charge in [-0.05, 0) is 56.4 Å². The molecule has 106 valence electrons. The molecule has 0 saturated heterocycles. The first-order chi connectivity index (χ1) is 9.70. The van der Waals surface area contributed by atoms with Crippen molar-refractivity contribution < 1.29 is 4.74 Å². The van der Waals surface area contributed by atoms with E-state index in [0.29, 0.717) is 6.61 Å². The molecule has 0 saturated carbocycles. The number of ether oxygens (including phenoxy) is 1. The smallest absolute Gasteiger partial charge is 0.140 e. The zero-order valence-corrected chi connectivity index (χ0v) is 12.8. The lowest BCUT2D eigenvalue weighted by Crippen LogP contribution is -2.01. The normalized spacial score (nSPS) is 14.3. The Morgan fingerprint density at radius 3 is 2.80 bits per heavy atom. The number of hydrogen-bond donors (Lipinski definition) is 1. The van der Waals surface area contributed by atoms with Crippen LogP contribution in [0.3, 0.4) is 0 Å². The van der Waals surface area contributed by atoms with E-state index in [1.54, 1.807) is 11.3 Å². The van der Waals surface area contributed by atoms with Gasteiger partial charge in [0.25, 0.3) is 0 Å². The van der Waals surface area contributed by atoms with E-state index in [-0.39, 0.29) is 0 Å². The number of fused-ring (bicyclic) bond motifs is 1. The fourth-order valence-electron chi connectivity index (χ4n) is 2.55. The van der Waals surface area contributed by atoms with Gasteiger partial charge in [0.1, 0.15) is 23.2 Å². The van der Waals surface area contributed by atoms with E-state index in [2.05, 4.69) is 42.3 Å². The highest BCUT2D eigenvalue weighted by Gasteiger charge is 2.13. The van der Waals surface area contributed by atoms with Gasteiger partial charge in [0.2, 0.25) is 0 Å². The number of nitrogens with one attached hydrogen (secondary N) is 1. The topological polar surface area (TPSA) is 34.1 Å². The number of rotatable bonds is 3. The first kappa shape index (κ1) is 13.4. The third kappa shape index (κ3) is 3.12. The van der Waals surface area contributed by atoms with E-state index in [9.17, 15) is 0 Å². The van der Waals surface area contributed by atoms with Crippen molar-refractivity contribution in [3.8, 4) is 5.75 Å². The first-order valence-electron chi connectivity index (χ1n) is 7.14. The Labute approximate surface area is 124 Å². The summed E-state index contributed by atoms with van der Waals surface area (Å²) >= 11 is 1.78. The van der Waals surface area contributed by atoms with Crippen LogP contribution in [-0.4, -0.2) is 11.5 Å². The minimum Gasteiger partial charge on any atom is -0.486 e. The van der Waals surface area contributed by atoms with E-state index in [4.69, 9.17) is 4.74 Å². The Hall–Kier alpha value is -1.55. The van der Waals surface area contributed by atoms with Gasteiger partial charge in [0.15, 0.2) is 0 Å². The van der Waals surface area contributed by atoms with Crippen molar-refractivity contribution in [2.24, 2.45) is 0 Å². The third-order valence-corrected chi connectivity index (χ3v) is 4.51. The second-order valence-corrected chi connectivity index (χ2v) is 6.54. The molecule has 0 spiro atoms. The molecule has 20 heavy (non-hydrogen) atoms. The Morgan fingerprint density at radius 1 is 1.20 bits per heavy atom. The van der Waals surface area contributed by atoms with Crippen molar-refractivity contribution in [3.05, 3.63) is 39.2 Å². The Kier molecular flexibility index (Phi) is 3.92. The summed E-state index contributed by atoms with van der Waals surface area (Å²) < 4.78 is 5.88. The highest BCUT2D eigenvalue weighted by atomic mass is 32.1. The molecule has 0 fully saturated rings. The molecule has 0 amide bonds. The number of thiazole rings is 1. The number of aromatic nitrogens is 1. The van der Waals surface area contributed by atoms with Crippen LogP contribution in [-0.2, 0) is 13.0 Å². The Bertz CT molecular complexity index is 563. The lowest BCUT2D eigenvalue weighted by Gasteiger charge is -2.06. The van der Waals surface area contributed by atoms with Crippen LogP contribution in [0.25, 0.3) is 0 Å². The zero-order valence-electron chi connectivity index (χ0n) is 12.0. The van der Waals surface area contributed by atoms with Gasteiger partial charge in [-0.15, -0.1) is 11.3 Å². The maximum Gasteiger partial charge on any atom is 0.140 e. The molecule has 2 aromatic rings. The largest absolute Gasteiger partial charge is 0.486 e. The average molecular weight is 288 g/mol. The summed E-state index contributed by atoms with van der Waals surface area (Å²) in [7, 11) is 0. The highest BCUT2D eigenvalue weighted by Crippen LogP contribution is 2.28. The molecular formula is C16H20N2OS. The predicted molar refractivity (Wildman–Crippen MR) is 83.8 cm³/mol. The van der Waals surface area contributed by atoms with E-state index in [0.717, 1.165) is 29.5 Å². The van der Waals surface area contributed by atoms with E-state index in [1.165, 1.54) is 28.8 Å². The van der Waals surface area contributed by atoms with Crippen LogP contribution in [0.4, 0.5) is 5.82 Å². The standard InChI is InChI=1S/C16H20N2OS/c1-11-7-12(2)9-13(8-11)19-10-15-18-16-14(20-15)5-3-4-6-17-16/h7-9,17H,3-6,10H2,1-2H3. The molecule has 4 heteroatoms. The van der Waals surface area contributed by atoms with E-state index >= 15 is 0 Å². The highest BCUT2D eigenvalue weighted by molar-refractivity contribution is 7.12. The summed E-state index contributed by atoms with van der Waals surface area (Å²) in [4.78, 5) is 6.03. The van der Waals surface area contributed by atoms with Gasteiger partial charge in [0.05, 0.1) is 0 Å². The Morgan fingerprint density at radius 2 is 2.00 bits per heavy atom.